The first-order chi connectivity index (χ1) is 16.1. The van der Waals surface area contributed by atoms with Gasteiger partial charge in [0.05, 0.1) is 6.61 Å². The van der Waals surface area contributed by atoms with Crippen LogP contribution in [0.25, 0.3) is 0 Å². The average Bonchev–Trinajstić information content (AvgIpc) is 3.28. The van der Waals surface area contributed by atoms with Crippen molar-refractivity contribution in [3.63, 3.8) is 0 Å². The molecule has 3 aromatic rings. The molecular formula is C22H19N3O8. The molecule has 0 unspecified atom stereocenters. The number of nitrogens with zero attached hydrogens (tertiary/aromatic N) is 2. The Kier molecular flexibility index (Phi) is 6.93. The fraction of sp³-hybridized carbons (Fsp3) is 0.182. The van der Waals surface area contributed by atoms with Crippen molar-refractivity contribution in [3.05, 3.63) is 83.4 Å². The number of hydrogen-bond acceptors (Lipinski definition) is 9. The van der Waals surface area contributed by atoms with Crippen LogP contribution in [-0.2, 0) is 14.2 Å². The summed E-state index contributed by atoms with van der Waals surface area (Å²) < 4.78 is 27.3. The molecule has 33 heavy (non-hydrogen) atoms. The summed E-state index contributed by atoms with van der Waals surface area (Å²) in [5.41, 5.74) is -0.675. The topological polar surface area (TPSA) is 127 Å². The number of rotatable bonds is 6. The van der Waals surface area contributed by atoms with Crippen molar-refractivity contribution in [2.24, 2.45) is 0 Å². The van der Waals surface area contributed by atoms with E-state index in [-0.39, 0.29) is 19.0 Å². The molecule has 0 radical (unpaired) electrons. The van der Waals surface area contributed by atoms with Gasteiger partial charge in [-0.15, -0.1) is 0 Å². The number of ether oxygens (including phenoxy) is 5. The summed E-state index contributed by atoms with van der Waals surface area (Å²) in [5.74, 6) is 0.702. The maximum Gasteiger partial charge on any atom is 0.514 e. The molecule has 0 saturated carbocycles. The summed E-state index contributed by atoms with van der Waals surface area (Å²) in [5, 5.41) is 2.38. The molecule has 170 valence electrons. The lowest BCUT2D eigenvalue weighted by molar-refractivity contribution is -0.105. The van der Waals surface area contributed by atoms with Crippen LogP contribution in [0.2, 0.25) is 0 Å². The van der Waals surface area contributed by atoms with Crippen LogP contribution in [0.15, 0.2) is 77.7 Å². The van der Waals surface area contributed by atoms with Crippen LogP contribution in [0.5, 0.6) is 11.5 Å². The van der Waals surface area contributed by atoms with Gasteiger partial charge in [0, 0.05) is 6.20 Å². The summed E-state index contributed by atoms with van der Waals surface area (Å²) in [6.45, 7) is -0.193. The lowest BCUT2D eigenvalue weighted by Gasteiger charge is -2.14. The number of carbonyl (C=O) groups is 2. The third-order valence-corrected chi connectivity index (χ3v) is 4.34. The second kappa shape index (κ2) is 10.4. The number of carbonyl (C=O) groups excluding carboxylic acids is 2. The molecule has 11 heteroatoms. The third kappa shape index (κ3) is 6.15. The standard InChI is InChI=1S/C22H19N3O8/c26-20-23-17(24-21(27)31-15-7-3-1-4-8-15)11-12-25(20)18-13-29-19(33-18)14-30-22(28)32-16-9-5-2-6-10-16/h1-12,18-19H,13-14H2,(H,23,24,26,27)/t18-,19-/m0/s1. The zero-order valence-corrected chi connectivity index (χ0v) is 17.2. The molecule has 1 fully saturated rings. The monoisotopic (exact) mass is 453 g/mol. The van der Waals surface area contributed by atoms with Crippen molar-refractivity contribution >= 4 is 18.1 Å². The van der Waals surface area contributed by atoms with Gasteiger partial charge in [-0.05, 0) is 30.3 Å². The van der Waals surface area contributed by atoms with E-state index in [4.69, 9.17) is 23.7 Å². The fourth-order valence-corrected chi connectivity index (χ4v) is 2.85. The van der Waals surface area contributed by atoms with Crippen LogP contribution in [0.4, 0.5) is 15.4 Å². The normalized spacial score (nSPS) is 17.2. The van der Waals surface area contributed by atoms with Gasteiger partial charge in [0.15, 0.2) is 12.5 Å². The predicted molar refractivity (Wildman–Crippen MR) is 113 cm³/mol. The lowest BCUT2D eigenvalue weighted by Crippen LogP contribution is -2.30. The number of anilines is 1. The molecule has 1 aliphatic heterocycles. The first-order valence-corrected chi connectivity index (χ1v) is 9.86. The van der Waals surface area contributed by atoms with Crippen LogP contribution in [-0.4, -0.2) is 41.3 Å². The molecule has 0 aliphatic carbocycles. The number of aromatic nitrogens is 2. The molecule has 2 heterocycles. The SMILES string of the molecule is O=C(Nc1ccn([C@@H]2CO[C@H](COC(=O)Oc3ccccc3)O2)c(=O)n1)Oc1ccccc1. The number of para-hydroxylation sites is 2. The van der Waals surface area contributed by atoms with Crippen LogP contribution in [0.1, 0.15) is 6.23 Å². The Bertz CT molecular complexity index is 1150. The minimum Gasteiger partial charge on any atom is -0.429 e. The lowest BCUT2D eigenvalue weighted by atomic mass is 10.3. The highest BCUT2D eigenvalue weighted by molar-refractivity contribution is 5.84. The highest BCUT2D eigenvalue weighted by Crippen LogP contribution is 2.20. The van der Waals surface area contributed by atoms with Crippen molar-refractivity contribution in [2.75, 3.05) is 18.5 Å². The van der Waals surface area contributed by atoms with Gasteiger partial charge in [-0.2, -0.15) is 4.98 Å². The Morgan fingerprint density at radius 2 is 1.67 bits per heavy atom. The number of nitrogens with one attached hydrogen (secondary N) is 1. The number of amides is 1. The van der Waals surface area contributed by atoms with Gasteiger partial charge in [0.1, 0.15) is 23.9 Å². The molecule has 2 aromatic carbocycles. The van der Waals surface area contributed by atoms with E-state index in [0.717, 1.165) is 0 Å². The summed E-state index contributed by atoms with van der Waals surface area (Å²) >= 11 is 0. The molecule has 1 N–H and O–H groups in total. The molecular weight excluding hydrogens is 434 g/mol. The van der Waals surface area contributed by atoms with Crippen molar-refractivity contribution in [3.8, 4) is 11.5 Å². The molecule has 2 atom stereocenters. The molecule has 11 nitrogen and oxygen atoms in total. The van der Waals surface area contributed by atoms with Gasteiger partial charge in [-0.1, -0.05) is 36.4 Å². The van der Waals surface area contributed by atoms with E-state index in [1.54, 1.807) is 60.7 Å². The van der Waals surface area contributed by atoms with Gasteiger partial charge in [-0.3, -0.25) is 9.88 Å². The van der Waals surface area contributed by atoms with Gasteiger partial charge in [0.25, 0.3) is 0 Å². The zero-order chi connectivity index (χ0) is 23.0. The Labute approximate surface area is 187 Å². The largest absolute Gasteiger partial charge is 0.514 e. The van der Waals surface area contributed by atoms with E-state index in [2.05, 4.69) is 10.3 Å². The van der Waals surface area contributed by atoms with E-state index < -0.39 is 30.5 Å². The average molecular weight is 453 g/mol. The van der Waals surface area contributed by atoms with E-state index in [1.165, 1.54) is 16.8 Å². The van der Waals surface area contributed by atoms with Crippen LogP contribution < -0.4 is 20.5 Å². The first-order valence-electron chi connectivity index (χ1n) is 9.86. The van der Waals surface area contributed by atoms with Crippen LogP contribution in [0.3, 0.4) is 0 Å². The Morgan fingerprint density at radius 1 is 1.00 bits per heavy atom. The highest BCUT2D eigenvalue weighted by Gasteiger charge is 2.29. The van der Waals surface area contributed by atoms with Crippen molar-refractivity contribution < 1.29 is 33.3 Å². The summed E-state index contributed by atoms with van der Waals surface area (Å²) in [4.78, 5) is 39.9. The van der Waals surface area contributed by atoms with Crippen LogP contribution >= 0.6 is 0 Å². The van der Waals surface area contributed by atoms with E-state index in [9.17, 15) is 14.4 Å². The summed E-state index contributed by atoms with van der Waals surface area (Å²) in [7, 11) is 0. The van der Waals surface area contributed by atoms with E-state index in [0.29, 0.717) is 11.5 Å². The van der Waals surface area contributed by atoms with E-state index in [1.807, 2.05) is 0 Å². The molecule has 1 amide bonds. The molecule has 0 spiro atoms. The maximum atomic E-state index is 12.4. The second-order valence-corrected chi connectivity index (χ2v) is 6.66. The summed E-state index contributed by atoms with van der Waals surface area (Å²) in [6, 6.07) is 18.3. The summed E-state index contributed by atoms with van der Waals surface area (Å²) in [6.07, 6.45) is -1.97. The molecule has 1 saturated heterocycles. The second-order valence-electron chi connectivity index (χ2n) is 6.66. The maximum absolute atomic E-state index is 12.4. The quantitative estimate of drug-likeness (QED) is 0.443. The third-order valence-electron chi connectivity index (χ3n) is 4.34. The highest BCUT2D eigenvalue weighted by atomic mass is 16.8. The van der Waals surface area contributed by atoms with Crippen molar-refractivity contribution in [1.82, 2.24) is 9.55 Å². The molecule has 1 aliphatic rings. The minimum absolute atomic E-state index is 0.0136. The molecule has 1 aromatic heterocycles. The van der Waals surface area contributed by atoms with Gasteiger partial charge in [0.2, 0.25) is 0 Å². The van der Waals surface area contributed by atoms with Crippen molar-refractivity contribution in [2.45, 2.75) is 12.5 Å². The van der Waals surface area contributed by atoms with Crippen LogP contribution in [0, 0.1) is 0 Å². The Morgan fingerprint density at radius 3 is 2.33 bits per heavy atom. The fourth-order valence-electron chi connectivity index (χ4n) is 2.85. The number of hydrogen-bond donors (Lipinski definition) is 1. The molecule has 0 bridgehead atoms. The smallest absolute Gasteiger partial charge is 0.429 e. The van der Waals surface area contributed by atoms with Crippen molar-refractivity contribution in [1.29, 1.82) is 0 Å². The molecule has 4 rings (SSSR count). The first kappa shape index (κ1) is 22.0. The van der Waals surface area contributed by atoms with Gasteiger partial charge >= 0.3 is 17.9 Å². The zero-order valence-electron chi connectivity index (χ0n) is 17.2. The number of benzene rings is 2. The van der Waals surface area contributed by atoms with E-state index >= 15 is 0 Å². The Hall–Kier alpha value is -4.22. The predicted octanol–water partition coefficient (Wildman–Crippen LogP) is 2.94. The van der Waals surface area contributed by atoms with Gasteiger partial charge in [-0.25, -0.2) is 14.4 Å². The Balaban J connectivity index is 1.26. The minimum atomic E-state index is -0.909. The van der Waals surface area contributed by atoms with Gasteiger partial charge < -0.3 is 23.7 Å².